The highest BCUT2D eigenvalue weighted by atomic mass is 35.5. The second-order valence-electron chi connectivity index (χ2n) is 9.79. The van der Waals surface area contributed by atoms with Crippen molar-refractivity contribution >= 4 is 23.2 Å². The van der Waals surface area contributed by atoms with Crippen LogP contribution >= 0.6 is 11.6 Å². The highest BCUT2D eigenvalue weighted by Gasteiger charge is 2.62. The van der Waals surface area contributed by atoms with Gasteiger partial charge in [0.15, 0.2) is 5.78 Å². The molecule has 1 aliphatic heterocycles. The van der Waals surface area contributed by atoms with E-state index in [9.17, 15) is 14.8 Å². The fraction of sp³-hybridized carbons (Fsp3) is 0.680. The number of fused-ring (bicyclic) bond motifs is 1. The Hall–Kier alpha value is -1.23. The van der Waals surface area contributed by atoms with Crippen molar-refractivity contribution in [2.75, 3.05) is 0 Å². The van der Waals surface area contributed by atoms with Crippen LogP contribution in [-0.2, 0) is 10.0 Å². The Morgan fingerprint density at radius 3 is 2.40 bits per heavy atom. The summed E-state index contributed by atoms with van der Waals surface area (Å²) < 4.78 is 0. The lowest BCUT2D eigenvalue weighted by Crippen LogP contribution is -2.54. The molecule has 1 aromatic rings. The van der Waals surface area contributed by atoms with Gasteiger partial charge >= 0.3 is 0 Å². The van der Waals surface area contributed by atoms with E-state index in [0.29, 0.717) is 29.8 Å². The largest absolute Gasteiger partial charge is 0.298 e. The first-order valence-corrected chi connectivity index (χ1v) is 11.9. The lowest BCUT2D eigenvalue weighted by molar-refractivity contribution is -0.261. The number of ketones is 2. The highest BCUT2D eigenvalue weighted by molar-refractivity contribution is 6.30. The Balaban J connectivity index is 1.67. The van der Waals surface area contributed by atoms with E-state index in [1.165, 1.54) is 30.7 Å². The zero-order chi connectivity index (χ0) is 21.9. The van der Waals surface area contributed by atoms with Gasteiger partial charge in [0.25, 0.3) is 0 Å². The number of hydrogen-bond acceptors (Lipinski definition) is 3. The van der Waals surface area contributed by atoms with E-state index in [1.54, 1.807) is 24.3 Å². The second-order valence-corrected chi connectivity index (χ2v) is 10.2. The number of nitrogens with zero attached hydrogens (tertiary/aromatic N) is 1. The van der Waals surface area contributed by atoms with Crippen LogP contribution < -0.4 is 0 Å². The van der Waals surface area contributed by atoms with E-state index < -0.39 is 17.0 Å². The van der Waals surface area contributed by atoms with Gasteiger partial charge in [0.1, 0.15) is 5.78 Å². The van der Waals surface area contributed by atoms with Crippen molar-refractivity contribution in [1.82, 2.24) is 5.06 Å². The number of Topliss-reactive ketones (excluding diaryl/α,β-unsaturated/α-hetero) is 2. The monoisotopic (exact) mass is 432 g/mol. The van der Waals surface area contributed by atoms with Gasteiger partial charge in [-0.05, 0) is 63.8 Å². The predicted molar refractivity (Wildman–Crippen MR) is 119 cm³/mol. The number of carbonyl (C=O) groups is 2. The van der Waals surface area contributed by atoms with Crippen molar-refractivity contribution < 1.29 is 14.8 Å². The van der Waals surface area contributed by atoms with Gasteiger partial charge < -0.3 is 0 Å². The summed E-state index contributed by atoms with van der Waals surface area (Å²) in [7, 11) is 0. The first-order chi connectivity index (χ1) is 14.2. The summed E-state index contributed by atoms with van der Waals surface area (Å²) in [6.45, 7) is 6.15. The molecule has 1 heterocycles. The molecule has 0 aromatic heterocycles. The molecule has 165 valence electrons. The van der Waals surface area contributed by atoms with E-state index >= 15 is 0 Å². The molecule has 4 nitrogen and oxygen atoms in total. The van der Waals surface area contributed by atoms with Crippen molar-refractivity contribution in [1.29, 1.82) is 0 Å². The smallest absolute Gasteiger partial charge is 0.173 e. The van der Waals surface area contributed by atoms with E-state index in [1.807, 2.05) is 13.8 Å². The SMILES string of the molecule is CCCCCCCCC1(C)CC2C(=O)C(C(=O)c3ccc(Cl)cc3)CCC2(C)N1[O]. The minimum atomic E-state index is -0.690. The van der Waals surface area contributed by atoms with Crippen molar-refractivity contribution in [2.45, 2.75) is 96.1 Å². The van der Waals surface area contributed by atoms with Crippen LogP contribution in [0.25, 0.3) is 0 Å². The highest BCUT2D eigenvalue weighted by Crippen LogP contribution is 2.53. The molecule has 0 amide bonds. The van der Waals surface area contributed by atoms with E-state index in [4.69, 9.17) is 11.6 Å². The molecule has 1 saturated carbocycles. The molecule has 3 rings (SSSR count). The Kier molecular flexibility index (Phi) is 7.42. The number of carbonyl (C=O) groups excluding carboxylic acids is 2. The van der Waals surface area contributed by atoms with E-state index in [-0.39, 0.29) is 17.5 Å². The number of halogens is 1. The van der Waals surface area contributed by atoms with Crippen molar-refractivity contribution in [3.05, 3.63) is 34.9 Å². The molecule has 4 unspecified atom stereocenters. The molecule has 1 radical (unpaired) electrons. The fourth-order valence-electron chi connectivity index (χ4n) is 5.57. The zero-order valence-electron chi connectivity index (χ0n) is 18.6. The van der Waals surface area contributed by atoms with E-state index in [0.717, 1.165) is 19.3 Å². The number of unbranched alkanes of at least 4 members (excludes halogenated alkanes) is 5. The molecule has 0 N–H and O–H groups in total. The molecule has 0 spiro atoms. The standard InChI is InChI=1S/C25H35ClNO3/c1-4-5-6-7-8-9-15-24(2)17-21-23(29)20(14-16-25(21,3)27(24)30)22(28)18-10-12-19(26)13-11-18/h10-13,20-21H,4-9,14-17H2,1-3H3. The Morgan fingerprint density at radius 2 is 1.73 bits per heavy atom. The Labute approximate surface area is 185 Å². The van der Waals surface area contributed by atoms with Crippen LogP contribution in [0.15, 0.2) is 24.3 Å². The Bertz CT molecular complexity index is 764. The molecule has 0 bridgehead atoms. The average molecular weight is 433 g/mol. The molecular formula is C25H35ClNO3. The quantitative estimate of drug-likeness (QED) is 0.256. The summed E-state index contributed by atoms with van der Waals surface area (Å²) in [5.41, 5.74) is -0.684. The van der Waals surface area contributed by atoms with Crippen molar-refractivity contribution in [2.24, 2.45) is 11.8 Å². The molecule has 2 aliphatic rings. The molecule has 1 aromatic carbocycles. The predicted octanol–water partition coefficient (Wildman–Crippen LogP) is 6.44. The summed E-state index contributed by atoms with van der Waals surface area (Å²) in [6, 6.07) is 6.73. The lowest BCUT2D eigenvalue weighted by Gasteiger charge is -2.42. The fourth-order valence-corrected chi connectivity index (χ4v) is 5.70. The van der Waals surface area contributed by atoms with Gasteiger partial charge in [0, 0.05) is 22.0 Å². The minimum Gasteiger partial charge on any atom is -0.298 e. The van der Waals surface area contributed by atoms with Crippen LogP contribution in [-0.4, -0.2) is 27.7 Å². The maximum Gasteiger partial charge on any atom is 0.173 e. The van der Waals surface area contributed by atoms with Gasteiger partial charge in [-0.2, -0.15) is 0 Å². The van der Waals surface area contributed by atoms with Crippen LogP contribution in [0.4, 0.5) is 0 Å². The van der Waals surface area contributed by atoms with Crippen LogP contribution in [0.5, 0.6) is 0 Å². The van der Waals surface area contributed by atoms with Crippen LogP contribution in [0.2, 0.25) is 5.02 Å². The van der Waals surface area contributed by atoms with Crippen LogP contribution in [0, 0.1) is 11.8 Å². The molecular weight excluding hydrogens is 398 g/mol. The third kappa shape index (κ3) is 4.51. The normalized spacial score (nSPS) is 31.7. The molecule has 4 atom stereocenters. The zero-order valence-corrected chi connectivity index (χ0v) is 19.3. The van der Waals surface area contributed by atoms with Gasteiger partial charge in [0.2, 0.25) is 0 Å². The van der Waals surface area contributed by atoms with Gasteiger partial charge in [-0.25, -0.2) is 0 Å². The van der Waals surface area contributed by atoms with Crippen molar-refractivity contribution in [3.63, 3.8) is 0 Å². The third-order valence-corrected chi connectivity index (χ3v) is 7.74. The number of hydrogen-bond donors (Lipinski definition) is 0. The molecule has 5 heteroatoms. The maximum absolute atomic E-state index is 13.4. The summed E-state index contributed by atoms with van der Waals surface area (Å²) in [5.74, 6) is -1.19. The van der Waals surface area contributed by atoms with Crippen molar-refractivity contribution in [3.8, 4) is 0 Å². The van der Waals surface area contributed by atoms with Gasteiger partial charge in [0.05, 0.1) is 11.5 Å². The second kappa shape index (κ2) is 9.50. The number of rotatable bonds is 9. The number of hydroxylamine groups is 2. The van der Waals surface area contributed by atoms with Gasteiger partial charge in [-0.3, -0.25) is 9.59 Å². The third-order valence-electron chi connectivity index (χ3n) is 7.49. The molecule has 1 aliphatic carbocycles. The van der Waals surface area contributed by atoms with Crippen LogP contribution in [0.3, 0.4) is 0 Å². The number of benzene rings is 1. The molecule has 30 heavy (non-hydrogen) atoms. The lowest BCUT2D eigenvalue weighted by atomic mass is 9.67. The summed E-state index contributed by atoms with van der Waals surface area (Å²) >= 11 is 5.93. The van der Waals surface area contributed by atoms with E-state index in [2.05, 4.69) is 6.92 Å². The summed E-state index contributed by atoms with van der Waals surface area (Å²) in [6.07, 6.45) is 9.51. The maximum atomic E-state index is 13.4. The summed E-state index contributed by atoms with van der Waals surface area (Å²) in [5, 5.41) is 15.1. The van der Waals surface area contributed by atoms with Gasteiger partial charge in [-0.15, -0.1) is 10.3 Å². The first kappa shape index (κ1) is 23.4. The average Bonchev–Trinajstić information content (AvgIpc) is 2.93. The molecule has 2 fully saturated rings. The summed E-state index contributed by atoms with van der Waals surface area (Å²) in [4.78, 5) is 26.4. The first-order valence-electron chi connectivity index (χ1n) is 11.5. The topological polar surface area (TPSA) is 57.3 Å². The van der Waals surface area contributed by atoms with Crippen LogP contribution in [0.1, 0.15) is 95.3 Å². The minimum absolute atomic E-state index is 0.0452. The Morgan fingerprint density at radius 1 is 1.10 bits per heavy atom. The van der Waals surface area contributed by atoms with Gasteiger partial charge in [-0.1, -0.05) is 57.0 Å². The molecule has 1 saturated heterocycles.